The Morgan fingerprint density at radius 2 is 2.00 bits per heavy atom. The van der Waals surface area contributed by atoms with Gasteiger partial charge in [0.15, 0.2) is 0 Å². The second kappa shape index (κ2) is 7.28. The van der Waals surface area contributed by atoms with Crippen molar-refractivity contribution in [3.63, 3.8) is 0 Å². The molecule has 0 radical (unpaired) electrons. The van der Waals surface area contributed by atoms with E-state index in [-0.39, 0.29) is 24.2 Å². The van der Waals surface area contributed by atoms with Gasteiger partial charge in [0.2, 0.25) is 11.8 Å². The molecule has 1 atom stereocenters. The number of carbonyl (C=O) groups is 2. The molecule has 5 heteroatoms. The molecular formula is C20H21ClN2O2. The van der Waals surface area contributed by atoms with Crippen LogP contribution in [0.4, 0.5) is 5.69 Å². The quantitative estimate of drug-likeness (QED) is 0.909. The summed E-state index contributed by atoms with van der Waals surface area (Å²) in [6.07, 6.45) is 0.245. The molecule has 25 heavy (non-hydrogen) atoms. The van der Waals surface area contributed by atoms with Gasteiger partial charge in [-0.3, -0.25) is 9.59 Å². The molecule has 0 aromatic heterocycles. The van der Waals surface area contributed by atoms with Crippen molar-refractivity contribution in [1.29, 1.82) is 0 Å². The Bertz CT molecular complexity index is 819. The van der Waals surface area contributed by atoms with Gasteiger partial charge in [0.1, 0.15) is 0 Å². The maximum absolute atomic E-state index is 12.5. The number of carbonyl (C=O) groups excluding carboxylic acids is 2. The van der Waals surface area contributed by atoms with Gasteiger partial charge in [0.05, 0.1) is 5.92 Å². The van der Waals surface area contributed by atoms with E-state index in [2.05, 4.69) is 5.32 Å². The predicted octanol–water partition coefficient (Wildman–Crippen LogP) is 3.63. The molecule has 0 spiro atoms. The number of benzene rings is 2. The molecule has 1 aliphatic heterocycles. The largest absolute Gasteiger partial charge is 0.352 e. The summed E-state index contributed by atoms with van der Waals surface area (Å²) < 4.78 is 0. The molecule has 1 aliphatic rings. The number of hydrogen-bond donors (Lipinski definition) is 1. The van der Waals surface area contributed by atoms with Crippen molar-refractivity contribution in [2.75, 3.05) is 11.4 Å². The van der Waals surface area contributed by atoms with Gasteiger partial charge in [-0.2, -0.15) is 0 Å². The van der Waals surface area contributed by atoms with Crippen molar-refractivity contribution < 1.29 is 9.59 Å². The first-order valence-corrected chi connectivity index (χ1v) is 8.72. The molecule has 1 saturated heterocycles. The predicted molar refractivity (Wildman–Crippen MR) is 99.7 cm³/mol. The molecule has 0 bridgehead atoms. The molecule has 2 aromatic rings. The number of aryl methyl sites for hydroxylation is 1. The molecule has 0 unspecified atom stereocenters. The Kier molecular flexibility index (Phi) is 5.09. The zero-order valence-corrected chi connectivity index (χ0v) is 15.1. The van der Waals surface area contributed by atoms with Crippen LogP contribution >= 0.6 is 11.6 Å². The first kappa shape index (κ1) is 17.5. The first-order valence-electron chi connectivity index (χ1n) is 8.34. The molecule has 130 valence electrons. The Morgan fingerprint density at radius 1 is 1.24 bits per heavy atom. The second-order valence-electron chi connectivity index (χ2n) is 6.47. The van der Waals surface area contributed by atoms with Gasteiger partial charge in [-0.05, 0) is 48.7 Å². The van der Waals surface area contributed by atoms with Crippen molar-refractivity contribution in [2.45, 2.75) is 26.8 Å². The van der Waals surface area contributed by atoms with Gasteiger partial charge in [-0.15, -0.1) is 0 Å². The van der Waals surface area contributed by atoms with Crippen molar-refractivity contribution in [3.05, 3.63) is 64.2 Å². The summed E-state index contributed by atoms with van der Waals surface area (Å²) in [6, 6.07) is 13.3. The zero-order chi connectivity index (χ0) is 18.0. The minimum Gasteiger partial charge on any atom is -0.352 e. The highest BCUT2D eigenvalue weighted by molar-refractivity contribution is 6.30. The monoisotopic (exact) mass is 356 g/mol. The molecule has 2 aromatic carbocycles. The van der Waals surface area contributed by atoms with Crippen molar-refractivity contribution in [1.82, 2.24) is 5.32 Å². The summed E-state index contributed by atoms with van der Waals surface area (Å²) in [5, 5.41) is 3.55. The van der Waals surface area contributed by atoms with E-state index in [1.165, 1.54) is 0 Å². The van der Waals surface area contributed by atoms with Crippen molar-refractivity contribution in [2.24, 2.45) is 5.92 Å². The summed E-state index contributed by atoms with van der Waals surface area (Å²) in [5.74, 6) is -0.427. The summed E-state index contributed by atoms with van der Waals surface area (Å²) in [6.45, 7) is 4.86. The van der Waals surface area contributed by atoms with Crippen LogP contribution in [0.1, 0.15) is 23.1 Å². The number of nitrogens with one attached hydrogen (secondary N) is 1. The topological polar surface area (TPSA) is 49.4 Å². The van der Waals surface area contributed by atoms with Crippen LogP contribution in [-0.2, 0) is 16.1 Å². The molecular weight excluding hydrogens is 336 g/mol. The van der Waals surface area contributed by atoms with Gasteiger partial charge < -0.3 is 10.2 Å². The fourth-order valence-corrected chi connectivity index (χ4v) is 3.34. The fourth-order valence-electron chi connectivity index (χ4n) is 3.12. The van der Waals surface area contributed by atoms with Gasteiger partial charge in [-0.25, -0.2) is 0 Å². The molecule has 2 amide bonds. The Labute approximate surface area is 152 Å². The molecule has 3 rings (SSSR count). The molecule has 4 nitrogen and oxygen atoms in total. The number of nitrogens with zero attached hydrogens (tertiary/aromatic N) is 1. The minimum atomic E-state index is -0.327. The number of halogens is 1. The summed E-state index contributed by atoms with van der Waals surface area (Å²) >= 11 is 5.96. The van der Waals surface area contributed by atoms with Crippen LogP contribution in [0.3, 0.4) is 0 Å². The van der Waals surface area contributed by atoms with Crippen LogP contribution in [0.5, 0.6) is 0 Å². The average Bonchev–Trinajstić information content (AvgIpc) is 2.97. The lowest BCUT2D eigenvalue weighted by atomic mass is 10.1. The number of hydrogen-bond acceptors (Lipinski definition) is 2. The lowest BCUT2D eigenvalue weighted by Gasteiger charge is -2.20. The van der Waals surface area contributed by atoms with E-state index in [1.54, 1.807) is 11.0 Å². The third-order valence-electron chi connectivity index (χ3n) is 4.72. The number of amides is 2. The third kappa shape index (κ3) is 3.85. The molecule has 0 saturated carbocycles. The highest BCUT2D eigenvalue weighted by atomic mass is 35.5. The van der Waals surface area contributed by atoms with Gasteiger partial charge >= 0.3 is 0 Å². The Balaban J connectivity index is 1.65. The van der Waals surface area contributed by atoms with Crippen LogP contribution < -0.4 is 10.2 Å². The highest BCUT2D eigenvalue weighted by Gasteiger charge is 2.35. The molecule has 0 aliphatic carbocycles. The molecule has 1 fully saturated rings. The van der Waals surface area contributed by atoms with Crippen LogP contribution in [0, 0.1) is 19.8 Å². The highest BCUT2D eigenvalue weighted by Crippen LogP contribution is 2.29. The van der Waals surface area contributed by atoms with E-state index in [0.29, 0.717) is 18.1 Å². The lowest BCUT2D eigenvalue weighted by molar-refractivity contribution is -0.126. The van der Waals surface area contributed by atoms with Crippen LogP contribution in [0.2, 0.25) is 5.02 Å². The SMILES string of the molecule is Cc1cccc(N2C[C@@H](C(=O)NCc3cccc(Cl)c3)CC2=O)c1C. The van der Waals surface area contributed by atoms with Gasteiger partial charge in [0, 0.05) is 30.2 Å². The minimum absolute atomic E-state index is 0.00314. The second-order valence-corrected chi connectivity index (χ2v) is 6.91. The lowest BCUT2D eigenvalue weighted by Crippen LogP contribution is -2.32. The zero-order valence-electron chi connectivity index (χ0n) is 14.4. The van der Waals surface area contributed by atoms with Crippen LogP contribution in [-0.4, -0.2) is 18.4 Å². The molecule has 1 heterocycles. The average molecular weight is 357 g/mol. The number of rotatable bonds is 4. The smallest absolute Gasteiger partial charge is 0.227 e. The van der Waals surface area contributed by atoms with E-state index < -0.39 is 0 Å². The van der Waals surface area contributed by atoms with Crippen LogP contribution in [0.25, 0.3) is 0 Å². The Morgan fingerprint density at radius 3 is 2.76 bits per heavy atom. The standard InChI is InChI=1S/C20H21ClN2O2/c1-13-5-3-8-18(14(13)2)23-12-16(10-19(23)24)20(25)22-11-15-6-4-7-17(21)9-15/h3-9,16H,10-12H2,1-2H3,(H,22,25)/t16-/m0/s1. The van der Waals surface area contributed by atoms with E-state index in [0.717, 1.165) is 22.4 Å². The summed E-state index contributed by atoms with van der Waals surface area (Å²) in [5.41, 5.74) is 4.06. The van der Waals surface area contributed by atoms with Gasteiger partial charge in [-0.1, -0.05) is 35.9 Å². The fraction of sp³-hybridized carbons (Fsp3) is 0.300. The maximum atomic E-state index is 12.5. The summed E-state index contributed by atoms with van der Waals surface area (Å²) in [7, 11) is 0. The van der Waals surface area contributed by atoms with E-state index in [1.807, 2.05) is 50.2 Å². The Hall–Kier alpha value is -2.33. The van der Waals surface area contributed by atoms with Crippen LogP contribution in [0.15, 0.2) is 42.5 Å². The molecule has 1 N–H and O–H groups in total. The van der Waals surface area contributed by atoms with Gasteiger partial charge in [0.25, 0.3) is 0 Å². The maximum Gasteiger partial charge on any atom is 0.227 e. The van der Waals surface area contributed by atoms with E-state index in [4.69, 9.17) is 11.6 Å². The normalized spacial score (nSPS) is 17.0. The van der Waals surface area contributed by atoms with E-state index in [9.17, 15) is 9.59 Å². The first-order chi connectivity index (χ1) is 12.0. The van der Waals surface area contributed by atoms with Crippen molar-refractivity contribution >= 4 is 29.1 Å². The summed E-state index contributed by atoms with van der Waals surface area (Å²) in [4.78, 5) is 26.6. The third-order valence-corrected chi connectivity index (χ3v) is 4.95. The van der Waals surface area contributed by atoms with Crippen molar-refractivity contribution in [3.8, 4) is 0 Å². The van der Waals surface area contributed by atoms with E-state index >= 15 is 0 Å². The number of anilines is 1.